The molecule has 0 bridgehead atoms. The largest absolute Gasteiger partial charge is 0.506 e. The summed E-state index contributed by atoms with van der Waals surface area (Å²) in [5.41, 5.74) is 1.16. The monoisotopic (exact) mass is 237 g/mol. The zero-order valence-electron chi connectivity index (χ0n) is 9.58. The molecule has 0 spiro atoms. The van der Waals surface area contributed by atoms with Crippen molar-refractivity contribution >= 4 is 17.1 Å². The number of fused-ring (bicyclic) bond motifs is 1. The van der Waals surface area contributed by atoms with Crippen molar-refractivity contribution in [3.8, 4) is 11.4 Å². The number of phenols is 1. The van der Waals surface area contributed by atoms with Gasteiger partial charge < -0.3 is 9.67 Å². The topological polar surface area (TPSA) is 42.2 Å². The van der Waals surface area contributed by atoms with Gasteiger partial charge in [0, 0.05) is 17.0 Å². The third-order valence-corrected chi connectivity index (χ3v) is 3.02. The number of nitrogens with zero attached hydrogens (tertiary/aromatic N) is 1. The van der Waals surface area contributed by atoms with Gasteiger partial charge in [0.05, 0.1) is 11.4 Å². The molecule has 0 saturated heterocycles. The van der Waals surface area contributed by atoms with Gasteiger partial charge in [-0.15, -0.1) is 0 Å². The van der Waals surface area contributed by atoms with E-state index in [-0.39, 0.29) is 5.75 Å². The molecule has 0 aliphatic rings. The van der Waals surface area contributed by atoms with E-state index in [1.807, 2.05) is 36.5 Å². The van der Waals surface area contributed by atoms with Gasteiger partial charge in [-0.25, -0.2) is 0 Å². The Morgan fingerprint density at radius 3 is 2.50 bits per heavy atom. The van der Waals surface area contributed by atoms with E-state index in [1.165, 1.54) is 0 Å². The Morgan fingerprint density at radius 1 is 1.00 bits per heavy atom. The number of aldehydes is 1. The predicted octanol–water partition coefficient (Wildman–Crippen LogP) is 3.15. The molecule has 1 heterocycles. The summed E-state index contributed by atoms with van der Waals surface area (Å²) in [6, 6.07) is 14.6. The molecule has 1 N–H and O–H groups in total. The lowest BCUT2D eigenvalue weighted by atomic mass is 10.2. The van der Waals surface area contributed by atoms with E-state index in [2.05, 4.69) is 0 Å². The van der Waals surface area contributed by atoms with Gasteiger partial charge in [0.1, 0.15) is 5.75 Å². The van der Waals surface area contributed by atoms with E-state index in [9.17, 15) is 9.90 Å². The fourth-order valence-electron chi connectivity index (χ4n) is 2.17. The lowest BCUT2D eigenvalue weighted by Gasteiger charge is -2.07. The molecule has 1 aromatic heterocycles. The van der Waals surface area contributed by atoms with Crippen LogP contribution >= 0.6 is 0 Å². The third-order valence-electron chi connectivity index (χ3n) is 3.02. The summed E-state index contributed by atoms with van der Waals surface area (Å²) in [6.45, 7) is 0. The number of rotatable bonds is 2. The normalized spacial score (nSPS) is 10.7. The minimum atomic E-state index is 0.154. The minimum absolute atomic E-state index is 0.154. The van der Waals surface area contributed by atoms with E-state index < -0.39 is 0 Å². The summed E-state index contributed by atoms with van der Waals surface area (Å²) in [4.78, 5) is 11.3. The van der Waals surface area contributed by atoms with Crippen molar-refractivity contribution < 1.29 is 9.90 Å². The van der Waals surface area contributed by atoms with Crippen molar-refractivity contribution in [1.29, 1.82) is 0 Å². The summed E-state index contributed by atoms with van der Waals surface area (Å²) in [7, 11) is 0. The highest BCUT2D eigenvalue weighted by Crippen LogP contribution is 2.27. The van der Waals surface area contributed by atoms with Crippen LogP contribution in [0.5, 0.6) is 5.75 Å². The van der Waals surface area contributed by atoms with E-state index in [4.69, 9.17) is 0 Å². The average Bonchev–Trinajstić information content (AvgIpc) is 2.77. The van der Waals surface area contributed by atoms with Crippen LogP contribution in [-0.2, 0) is 0 Å². The molecule has 88 valence electrons. The highest BCUT2D eigenvalue weighted by atomic mass is 16.3. The van der Waals surface area contributed by atoms with Crippen molar-refractivity contribution in [3.63, 3.8) is 0 Å². The van der Waals surface area contributed by atoms with E-state index in [0.29, 0.717) is 11.4 Å². The standard InChI is InChI=1S/C15H11NO2/c17-10-14-12-6-2-1-5-11(12)9-16(14)13-7-3-4-8-15(13)18/h1-10,18H. The van der Waals surface area contributed by atoms with Crippen LogP contribution < -0.4 is 0 Å². The fourth-order valence-corrected chi connectivity index (χ4v) is 2.17. The van der Waals surface area contributed by atoms with Crippen molar-refractivity contribution in [2.75, 3.05) is 0 Å². The van der Waals surface area contributed by atoms with Crippen LogP contribution in [0, 0.1) is 0 Å². The average molecular weight is 237 g/mol. The van der Waals surface area contributed by atoms with Gasteiger partial charge in [-0.2, -0.15) is 0 Å². The van der Waals surface area contributed by atoms with Crippen LogP contribution in [0.2, 0.25) is 0 Å². The molecule has 18 heavy (non-hydrogen) atoms. The molecule has 0 aliphatic heterocycles. The highest BCUT2D eigenvalue weighted by Gasteiger charge is 2.11. The number of aromatic nitrogens is 1. The van der Waals surface area contributed by atoms with Crippen molar-refractivity contribution in [1.82, 2.24) is 4.57 Å². The fraction of sp³-hybridized carbons (Fsp3) is 0. The van der Waals surface area contributed by atoms with Crippen LogP contribution in [-0.4, -0.2) is 16.0 Å². The van der Waals surface area contributed by atoms with Gasteiger partial charge >= 0.3 is 0 Å². The maximum absolute atomic E-state index is 11.3. The minimum Gasteiger partial charge on any atom is -0.506 e. The number of hydrogen-bond donors (Lipinski definition) is 1. The number of benzene rings is 2. The SMILES string of the molecule is O=Cc1c2ccccc2cn1-c1ccccc1O. The molecule has 0 aliphatic carbocycles. The van der Waals surface area contributed by atoms with Gasteiger partial charge in [-0.3, -0.25) is 4.79 Å². The summed E-state index contributed by atoms with van der Waals surface area (Å²) in [5, 5.41) is 11.7. The Bertz CT molecular complexity index is 728. The molecule has 3 rings (SSSR count). The molecular formula is C15H11NO2. The summed E-state index contributed by atoms with van der Waals surface area (Å²) >= 11 is 0. The summed E-state index contributed by atoms with van der Waals surface area (Å²) in [6.07, 6.45) is 2.67. The second-order valence-corrected chi connectivity index (χ2v) is 4.08. The summed E-state index contributed by atoms with van der Waals surface area (Å²) < 4.78 is 1.72. The number of hydrogen-bond acceptors (Lipinski definition) is 2. The van der Waals surface area contributed by atoms with Gasteiger partial charge in [-0.05, 0) is 12.1 Å². The van der Waals surface area contributed by atoms with Crippen LogP contribution in [0.15, 0.2) is 54.7 Å². The van der Waals surface area contributed by atoms with Crippen LogP contribution in [0.3, 0.4) is 0 Å². The van der Waals surface area contributed by atoms with Gasteiger partial charge in [-0.1, -0.05) is 36.4 Å². The first kappa shape index (κ1) is 10.6. The molecule has 3 heteroatoms. The second-order valence-electron chi connectivity index (χ2n) is 4.08. The quantitative estimate of drug-likeness (QED) is 0.696. The molecule has 0 atom stereocenters. The van der Waals surface area contributed by atoms with E-state index in [1.54, 1.807) is 22.8 Å². The molecule has 3 aromatic rings. The van der Waals surface area contributed by atoms with Crippen molar-refractivity contribution in [3.05, 3.63) is 60.4 Å². The van der Waals surface area contributed by atoms with Crippen LogP contribution in [0.4, 0.5) is 0 Å². The number of aromatic hydroxyl groups is 1. The van der Waals surface area contributed by atoms with Crippen LogP contribution in [0.25, 0.3) is 16.5 Å². The van der Waals surface area contributed by atoms with E-state index in [0.717, 1.165) is 17.1 Å². The molecule has 0 unspecified atom stereocenters. The molecule has 0 fully saturated rings. The Labute approximate surface area is 104 Å². The molecular weight excluding hydrogens is 226 g/mol. The smallest absolute Gasteiger partial charge is 0.167 e. The highest BCUT2D eigenvalue weighted by molar-refractivity contribution is 5.98. The maximum Gasteiger partial charge on any atom is 0.167 e. The Morgan fingerprint density at radius 2 is 1.72 bits per heavy atom. The van der Waals surface area contributed by atoms with Crippen LogP contribution in [0.1, 0.15) is 10.5 Å². The van der Waals surface area contributed by atoms with Gasteiger partial charge in [0.15, 0.2) is 6.29 Å². The molecule has 2 aromatic carbocycles. The first-order valence-electron chi connectivity index (χ1n) is 5.65. The van der Waals surface area contributed by atoms with Crippen molar-refractivity contribution in [2.24, 2.45) is 0 Å². The van der Waals surface area contributed by atoms with Gasteiger partial charge in [0.2, 0.25) is 0 Å². The molecule has 3 nitrogen and oxygen atoms in total. The Kier molecular flexibility index (Phi) is 2.38. The number of carbonyl (C=O) groups excluding carboxylic acids is 1. The zero-order chi connectivity index (χ0) is 12.5. The molecule has 0 radical (unpaired) electrons. The lowest BCUT2D eigenvalue weighted by molar-refractivity contribution is 0.111. The first-order valence-corrected chi connectivity index (χ1v) is 5.65. The lowest BCUT2D eigenvalue weighted by Crippen LogP contribution is -1.97. The van der Waals surface area contributed by atoms with Gasteiger partial charge in [0.25, 0.3) is 0 Å². The number of phenolic OH excluding ortho intramolecular Hbond substituents is 1. The Balaban J connectivity index is 2.36. The first-order chi connectivity index (χ1) is 8.81. The maximum atomic E-state index is 11.3. The molecule has 0 saturated carbocycles. The zero-order valence-corrected chi connectivity index (χ0v) is 9.58. The second kappa shape index (κ2) is 4.04. The molecule has 0 amide bonds. The third kappa shape index (κ3) is 1.49. The predicted molar refractivity (Wildman–Crippen MR) is 70.3 cm³/mol. The summed E-state index contributed by atoms with van der Waals surface area (Å²) in [5.74, 6) is 0.154. The van der Waals surface area contributed by atoms with E-state index >= 15 is 0 Å². The Hall–Kier alpha value is -2.55. The number of para-hydroxylation sites is 2. The number of carbonyl (C=O) groups is 1. The van der Waals surface area contributed by atoms with Crippen molar-refractivity contribution in [2.45, 2.75) is 0 Å².